The van der Waals surface area contributed by atoms with Crippen molar-refractivity contribution in [3.63, 3.8) is 0 Å². The Morgan fingerprint density at radius 3 is 2.36 bits per heavy atom. The van der Waals surface area contributed by atoms with Crippen LogP contribution in [0.2, 0.25) is 0 Å². The van der Waals surface area contributed by atoms with Crippen LogP contribution in [0.4, 0.5) is 4.79 Å². The third kappa shape index (κ3) is 4.66. The Balaban J connectivity index is 3.99. The van der Waals surface area contributed by atoms with E-state index in [4.69, 9.17) is 10.8 Å². The van der Waals surface area contributed by atoms with Crippen LogP contribution in [-0.4, -0.2) is 35.7 Å². The summed E-state index contributed by atoms with van der Waals surface area (Å²) in [6, 6.07) is -1.71. The zero-order valence-corrected chi connectivity index (χ0v) is 8.41. The van der Waals surface area contributed by atoms with Crippen LogP contribution in [0.25, 0.3) is 0 Å². The number of carbonyl (C=O) groups excluding carboxylic acids is 2. The molecule has 0 radical (unpaired) electrons. The maximum atomic E-state index is 11.3. The maximum Gasteiger partial charge on any atom is 0.312 e. The van der Waals surface area contributed by atoms with Gasteiger partial charge in [-0.2, -0.15) is 0 Å². The number of hydrogen-bond acceptors (Lipinski definition) is 3. The molecule has 0 saturated carbocycles. The van der Waals surface area contributed by atoms with Gasteiger partial charge in [0.1, 0.15) is 6.04 Å². The molecule has 0 aromatic heterocycles. The summed E-state index contributed by atoms with van der Waals surface area (Å²) in [4.78, 5) is 21.7. The molecular weight excluding hydrogens is 186 g/mol. The molecule has 82 valence electrons. The van der Waals surface area contributed by atoms with E-state index in [1.807, 2.05) is 6.92 Å². The average molecular weight is 203 g/mol. The highest BCUT2D eigenvalue weighted by molar-refractivity contribution is 5.86. The minimum atomic E-state index is -0.746. The van der Waals surface area contributed by atoms with Crippen molar-refractivity contribution >= 4 is 11.9 Å². The zero-order valence-electron chi connectivity index (χ0n) is 8.41. The molecule has 0 spiro atoms. The van der Waals surface area contributed by atoms with E-state index in [1.54, 1.807) is 0 Å². The van der Waals surface area contributed by atoms with Crippen LogP contribution in [0, 0.1) is 0 Å². The van der Waals surface area contributed by atoms with Crippen LogP contribution in [-0.2, 0) is 4.79 Å². The lowest BCUT2D eigenvalue weighted by Gasteiger charge is -2.17. The van der Waals surface area contributed by atoms with Gasteiger partial charge >= 0.3 is 6.03 Å². The Hall–Kier alpha value is -1.30. The number of nitrogens with one attached hydrogen (secondary N) is 2. The molecule has 0 aliphatic rings. The quantitative estimate of drug-likeness (QED) is 0.457. The van der Waals surface area contributed by atoms with Gasteiger partial charge in [-0.15, -0.1) is 0 Å². The predicted molar refractivity (Wildman–Crippen MR) is 51.5 cm³/mol. The first-order valence-corrected chi connectivity index (χ1v) is 4.48. The van der Waals surface area contributed by atoms with E-state index in [0.29, 0.717) is 6.42 Å². The number of aliphatic hydroxyl groups is 1. The highest BCUT2D eigenvalue weighted by atomic mass is 16.3. The maximum absolute atomic E-state index is 11.3. The Morgan fingerprint density at radius 1 is 1.43 bits per heavy atom. The number of hydrogen-bond donors (Lipinski definition) is 4. The molecule has 0 rings (SSSR count). The lowest BCUT2D eigenvalue weighted by atomic mass is 10.2. The van der Waals surface area contributed by atoms with E-state index in [2.05, 4.69) is 10.6 Å². The minimum absolute atomic E-state index is 0.120. The van der Waals surface area contributed by atoms with Crippen molar-refractivity contribution in [2.75, 3.05) is 6.61 Å². The molecule has 0 saturated heterocycles. The van der Waals surface area contributed by atoms with Crippen molar-refractivity contribution < 1.29 is 14.7 Å². The molecule has 2 unspecified atom stereocenters. The lowest BCUT2D eigenvalue weighted by molar-refractivity contribution is -0.123. The topological polar surface area (TPSA) is 104 Å². The van der Waals surface area contributed by atoms with Gasteiger partial charge in [0.2, 0.25) is 5.91 Å². The van der Waals surface area contributed by atoms with Crippen molar-refractivity contribution in [3.05, 3.63) is 0 Å². The summed E-state index contributed by atoms with van der Waals surface area (Å²) in [6.07, 6.45) is 0.630. The van der Waals surface area contributed by atoms with Gasteiger partial charge in [0.25, 0.3) is 0 Å². The fourth-order valence-corrected chi connectivity index (χ4v) is 0.882. The van der Waals surface area contributed by atoms with Crippen LogP contribution in [0.1, 0.15) is 20.3 Å². The molecular formula is C8H17N3O3. The van der Waals surface area contributed by atoms with Crippen molar-refractivity contribution in [1.29, 1.82) is 0 Å². The Bertz CT molecular complexity index is 204. The van der Waals surface area contributed by atoms with Gasteiger partial charge in [-0.25, -0.2) is 4.79 Å². The summed E-state index contributed by atoms with van der Waals surface area (Å²) in [7, 11) is 0. The first-order chi connectivity index (χ1) is 6.51. The number of amides is 3. The number of primary amides is 1. The second-order valence-electron chi connectivity index (χ2n) is 3.03. The SMILES string of the molecule is CCC(CO)NC(=O)C(C)NC(N)=O. The summed E-state index contributed by atoms with van der Waals surface area (Å²) in [5.41, 5.74) is 4.85. The van der Waals surface area contributed by atoms with Gasteiger partial charge in [0.15, 0.2) is 0 Å². The number of nitrogens with two attached hydrogens (primary N) is 1. The number of rotatable bonds is 5. The van der Waals surface area contributed by atoms with Crippen LogP contribution in [0.5, 0.6) is 0 Å². The van der Waals surface area contributed by atoms with Crippen LogP contribution in [0.3, 0.4) is 0 Å². The van der Waals surface area contributed by atoms with Crippen LogP contribution < -0.4 is 16.4 Å². The standard InChI is InChI=1S/C8H17N3O3/c1-3-6(4-12)11-7(13)5(2)10-8(9)14/h5-6,12H,3-4H2,1-2H3,(H,11,13)(H3,9,10,14). The first kappa shape index (κ1) is 12.7. The van der Waals surface area contributed by atoms with E-state index in [1.165, 1.54) is 6.92 Å². The van der Waals surface area contributed by atoms with Crippen LogP contribution in [0.15, 0.2) is 0 Å². The molecule has 3 amide bonds. The molecule has 2 atom stereocenters. The van der Waals surface area contributed by atoms with Gasteiger partial charge in [-0.3, -0.25) is 4.79 Å². The Morgan fingerprint density at radius 2 is 2.00 bits per heavy atom. The van der Waals surface area contributed by atoms with Crippen molar-refractivity contribution in [2.24, 2.45) is 5.73 Å². The summed E-state index contributed by atoms with van der Waals surface area (Å²) in [5.74, 6) is -0.357. The van der Waals surface area contributed by atoms with Gasteiger partial charge in [-0.05, 0) is 13.3 Å². The smallest absolute Gasteiger partial charge is 0.312 e. The number of aliphatic hydroxyl groups excluding tert-OH is 1. The lowest BCUT2D eigenvalue weighted by Crippen LogP contribution is -2.50. The average Bonchev–Trinajstić information content (AvgIpc) is 2.12. The molecule has 14 heavy (non-hydrogen) atoms. The second-order valence-corrected chi connectivity index (χ2v) is 3.03. The van der Waals surface area contributed by atoms with Crippen molar-refractivity contribution in [2.45, 2.75) is 32.4 Å². The van der Waals surface area contributed by atoms with E-state index in [9.17, 15) is 9.59 Å². The van der Waals surface area contributed by atoms with E-state index >= 15 is 0 Å². The molecule has 6 nitrogen and oxygen atoms in total. The molecule has 0 aliphatic carbocycles. The normalized spacial score (nSPS) is 14.2. The van der Waals surface area contributed by atoms with E-state index < -0.39 is 12.1 Å². The van der Waals surface area contributed by atoms with Gasteiger partial charge < -0.3 is 21.5 Å². The monoisotopic (exact) mass is 203 g/mol. The third-order valence-corrected chi connectivity index (χ3v) is 1.81. The van der Waals surface area contributed by atoms with Crippen molar-refractivity contribution in [3.8, 4) is 0 Å². The largest absolute Gasteiger partial charge is 0.394 e. The summed E-state index contributed by atoms with van der Waals surface area (Å²) in [5, 5.41) is 13.6. The predicted octanol–water partition coefficient (Wildman–Crippen LogP) is -1.07. The molecule has 0 aromatic rings. The fraction of sp³-hybridized carbons (Fsp3) is 0.750. The number of carbonyl (C=O) groups is 2. The van der Waals surface area contributed by atoms with Crippen LogP contribution >= 0.6 is 0 Å². The first-order valence-electron chi connectivity index (χ1n) is 4.48. The molecule has 0 aliphatic heterocycles. The third-order valence-electron chi connectivity index (χ3n) is 1.81. The van der Waals surface area contributed by atoms with Gasteiger partial charge in [0, 0.05) is 0 Å². The highest BCUT2D eigenvalue weighted by Crippen LogP contribution is 1.90. The number of urea groups is 1. The molecule has 5 N–H and O–H groups in total. The molecule has 0 bridgehead atoms. The second kappa shape index (κ2) is 6.20. The summed E-state index contributed by atoms with van der Waals surface area (Å²) >= 11 is 0. The van der Waals surface area contributed by atoms with E-state index in [0.717, 1.165) is 0 Å². The van der Waals surface area contributed by atoms with Gasteiger partial charge in [-0.1, -0.05) is 6.92 Å². The summed E-state index contributed by atoms with van der Waals surface area (Å²) in [6.45, 7) is 3.24. The van der Waals surface area contributed by atoms with Gasteiger partial charge in [0.05, 0.1) is 12.6 Å². The Labute approximate surface area is 82.9 Å². The summed E-state index contributed by atoms with van der Waals surface area (Å²) < 4.78 is 0. The minimum Gasteiger partial charge on any atom is -0.394 e. The molecule has 0 aromatic carbocycles. The Kier molecular flexibility index (Phi) is 5.62. The fourth-order valence-electron chi connectivity index (χ4n) is 0.882. The van der Waals surface area contributed by atoms with E-state index in [-0.39, 0.29) is 18.6 Å². The zero-order chi connectivity index (χ0) is 11.1. The molecule has 6 heteroatoms. The molecule has 0 heterocycles. The highest BCUT2D eigenvalue weighted by Gasteiger charge is 2.16. The van der Waals surface area contributed by atoms with Crippen molar-refractivity contribution in [1.82, 2.24) is 10.6 Å². The molecule has 0 fully saturated rings.